The van der Waals surface area contributed by atoms with Crippen molar-refractivity contribution in [2.45, 2.75) is 13.5 Å². The molecule has 0 saturated carbocycles. The topological polar surface area (TPSA) is 21.3 Å². The van der Waals surface area contributed by atoms with Crippen molar-refractivity contribution in [2.24, 2.45) is 0 Å². The molecular weight excluding hydrogens is 390 g/mol. The summed E-state index contributed by atoms with van der Waals surface area (Å²) in [6.07, 6.45) is 0. The lowest BCUT2D eigenvalue weighted by Gasteiger charge is -2.10. The lowest BCUT2D eigenvalue weighted by atomic mass is 10.3. The van der Waals surface area contributed by atoms with Crippen molar-refractivity contribution in [2.75, 3.05) is 13.2 Å². The summed E-state index contributed by atoms with van der Waals surface area (Å²) in [5, 5.41) is 3.38. The van der Waals surface area contributed by atoms with Gasteiger partial charge in [0.15, 0.2) is 0 Å². The number of ether oxygens (including phenoxy) is 1. The maximum atomic E-state index is 5.76. The Bertz CT molecular complexity index is 522. The van der Waals surface area contributed by atoms with Gasteiger partial charge in [-0.05, 0) is 63.0 Å². The predicted octanol–water partition coefficient (Wildman–Crippen LogP) is 4.75. The molecule has 2 rings (SSSR count). The molecule has 5 heteroatoms. The first-order valence-electron chi connectivity index (χ1n) is 5.99. The van der Waals surface area contributed by atoms with Gasteiger partial charge in [-0.3, -0.25) is 0 Å². The number of nitrogens with one attached hydrogen (secondary N) is 1. The fraction of sp³-hybridized carbons (Fsp3) is 0.286. The molecule has 1 heterocycles. The van der Waals surface area contributed by atoms with Gasteiger partial charge in [-0.25, -0.2) is 0 Å². The van der Waals surface area contributed by atoms with E-state index < -0.39 is 0 Å². The van der Waals surface area contributed by atoms with Gasteiger partial charge >= 0.3 is 0 Å². The lowest BCUT2D eigenvalue weighted by Crippen LogP contribution is -2.20. The molecule has 1 N–H and O–H groups in total. The second-order valence-corrected chi connectivity index (χ2v) is 7.17. The molecule has 2 aromatic rings. The van der Waals surface area contributed by atoms with Crippen LogP contribution in [0.1, 0.15) is 9.75 Å². The Hall–Kier alpha value is -0.360. The molecule has 0 amide bonds. The van der Waals surface area contributed by atoms with Crippen molar-refractivity contribution >= 4 is 43.2 Å². The summed E-state index contributed by atoms with van der Waals surface area (Å²) in [4.78, 5) is 2.71. The van der Waals surface area contributed by atoms with Crippen LogP contribution in [0.4, 0.5) is 0 Å². The Morgan fingerprint density at radius 3 is 2.53 bits per heavy atom. The third-order valence-electron chi connectivity index (χ3n) is 2.54. The van der Waals surface area contributed by atoms with Crippen LogP contribution in [0, 0.1) is 6.92 Å². The van der Waals surface area contributed by atoms with Gasteiger partial charge in [-0.1, -0.05) is 6.07 Å². The highest BCUT2D eigenvalue weighted by atomic mass is 79.9. The number of halogens is 2. The summed E-state index contributed by atoms with van der Waals surface area (Å²) in [5.74, 6) is 0.858. The van der Waals surface area contributed by atoms with Gasteiger partial charge in [0.25, 0.3) is 0 Å². The first-order chi connectivity index (χ1) is 9.16. The van der Waals surface area contributed by atoms with E-state index >= 15 is 0 Å². The molecule has 0 bridgehead atoms. The zero-order valence-corrected chi connectivity index (χ0v) is 14.6. The number of benzene rings is 1. The molecule has 19 heavy (non-hydrogen) atoms. The summed E-state index contributed by atoms with van der Waals surface area (Å²) in [6, 6.07) is 10.2. The van der Waals surface area contributed by atoms with Crippen LogP contribution in [-0.4, -0.2) is 13.2 Å². The third kappa shape index (κ3) is 4.60. The van der Waals surface area contributed by atoms with Gasteiger partial charge in [-0.2, -0.15) is 0 Å². The molecule has 102 valence electrons. The SMILES string of the molecule is Cc1ccc(CNCCOc2c(Br)cccc2Br)s1. The largest absolute Gasteiger partial charge is 0.490 e. The van der Waals surface area contributed by atoms with E-state index in [4.69, 9.17) is 4.74 Å². The zero-order valence-electron chi connectivity index (χ0n) is 10.6. The van der Waals surface area contributed by atoms with Crippen molar-refractivity contribution in [1.29, 1.82) is 0 Å². The highest BCUT2D eigenvalue weighted by molar-refractivity contribution is 9.11. The standard InChI is InChI=1S/C14H15Br2NOS/c1-10-5-6-11(19-10)9-17-7-8-18-14-12(15)3-2-4-13(14)16/h2-6,17H,7-9H2,1H3. The molecule has 1 aromatic heterocycles. The molecule has 0 unspecified atom stereocenters. The van der Waals surface area contributed by atoms with Crippen LogP contribution in [0.15, 0.2) is 39.3 Å². The van der Waals surface area contributed by atoms with Gasteiger partial charge in [-0.15, -0.1) is 11.3 Å². The van der Waals surface area contributed by atoms with Crippen LogP contribution in [0.3, 0.4) is 0 Å². The monoisotopic (exact) mass is 403 g/mol. The normalized spacial score (nSPS) is 10.7. The molecule has 0 spiro atoms. The number of rotatable bonds is 6. The number of aryl methyl sites for hydroxylation is 1. The first-order valence-corrected chi connectivity index (χ1v) is 8.40. The highest BCUT2D eigenvalue weighted by Crippen LogP contribution is 2.32. The molecule has 0 aliphatic heterocycles. The molecule has 0 atom stereocenters. The molecular formula is C14H15Br2NOS. The Morgan fingerprint density at radius 2 is 1.89 bits per heavy atom. The summed E-state index contributed by atoms with van der Waals surface area (Å²) >= 11 is 8.79. The van der Waals surface area contributed by atoms with E-state index in [1.807, 2.05) is 29.5 Å². The van der Waals surface area contributed by atoms with Crippen LogP contribution in [0.25, 0.3) is 0 Å². The number of para-hydroxylation sites is 1. The van der Waals surface area contributed by atoms with Crippen molar-refractivity contribution in [1.82, 2.24) is 5.32 Å². The van der Waals surface area contributed by atoms with E-state index in [0.29, 0.717) is 6.61 Å². The van der Waals surface area contributed by atoms with Crippen LogP contribution < -0.4 is 10.1 Å². The second-order valence-electron chi connectivity index (χ2n) is 4.09. The Kier molecular flexibility index (Phi) is 5.88. The molecule has 2 nitrogen and oxygen atoms in total. The van der Waals surface area contributed by atoms with Crippen molar-refractivity contribution in [3.63, 3.8) is 0 Å². The molecule has 0 radical (unpaired) electrons. The van der Waals surface area contributed by atoms with E-state index in [-0.39, 0.29) is 0 Å². The third-order valence-corrected chi connectivity index (χ3v) is 4.79. The lowest BCUT2D eigenvalue weighted by molar-refractivity contribution is 0.310. The zero-order chi connectivity index (χ0) is 13.7. The minimum Gasteiger partial charge on any atom is -0.490 e. The van der Waals surface area contributed by atoms with Gasteiger partial charge in [0, 0.05) is 22.8 Å². The summed E-state index contributed by atoms with van der Waals surface area (Å²) in [6.45, 7) is 4.50. The van der Waals surface area contributed by atoms with Crippen LogP contribution in [0.2, 0.25) is 0 Å². The average molecular weight is 405 g/mol. The van der Waals surface area contributed by atoms with Crippen LogP contribution >= 0.6 is 43.2 Å². The van der Waals surface area contributed by atoms with E-state index in [9.17, 15) is 0 Å². The van der Waals surface area contributed by atoms with E-state index in [1.165, 1.54) is 9.75 Å². The number of hydrogen-bond donors (Lipinski definition) is 1. The predicted molar refractivity (Wildman–Crippen MR) is 88.1 cm³/mol. The highest BCUT2D eigenvalue weighted by Gasteiger charge is 2.05. The fourth-order valence-corrected chi connectivity index (χ4v) is 3.72. The number of thiophene rings is 1. The fourth-order valence-electron chi connectivity index (χ4n) is 1.64. The maximum Gasteiger partial charge on any atom is 0.147 e. The molecule has 0 aliphatic rings. The summed E-state index contributed by atoms with van der Waals surface area (Å²) in [7, 11) is 0. The average Bonchev–Trinajstić information content (AvgIpc) is 2.78. The Balaban J connectivity index is 1.72. The van der Waals surface area contributed by atoms with E-state index in [2.05, 4.69) is 56.2 Å². The Labute approximate surface area is 134 Å². The molecule has 0 fully saturated rings. The Morgan fingerprint density at radius 1 is 1.16 bits per heavy atom. The summed E-state index contributed by atoms with van der Waals surface area (Å²) < 4.78 is 7.69. The maximum absolute atomic E-state index is 5.76. The van der Waals surface area contributed by atoms with Gasteiger partial charge < -0.3 is 10.1 Å². The number of hydrogen-bond acceptors (Lipinski definition) is 3. The van der Waals surface area contributed by atoms with E-state index in [1.54, 1.807) is 0 Å². The minimum absolute atomic E-state index is 0.644. The first kappa shape index (κ1) is 15.0. The van der Waals surface area contributed by atoms with Crippen LogP contribution in [-0.2, 0) is 6.54 Å². The van der Waals surface area contributed by atoms with Gasteiger partial charge in [0.2, 0.25) is 0 Å². The van der Waals surface area contributed by atoms with Crippen molar-refractivity contribution in [3.8, 4) is 5.75 Å². The molecule has 0 aliphatic carbocycles. The van der Waals surface area contributed by atoms with E-state index in [0.717, 1.165) is 27.8 Å². The van der Waals surface area contributed by atoms with Gasteiger partial charge in [0.05, 0.1) is 8.95 Å². The van der Waals surface area contributed by atoms with Crippen molar-refractivity contribution < 1.29 is 4.74 Å². The summed E-state index contributed by atoms with van der Waals surface area (Å²) in [5.41, 5.74) is 0. The minimum atomic E-state index is 0.644. The smallest absolute Gasteiger partial charge is 0.147 e. The molecule has 1 aromatic carbocycles. The van der Waals surface area contributed by atoms with Crippen molar-refractivity contribution in [3.05, 3.63) is 49.0 Å². The second kappa shape index (κ2) is 7.43. The van der Waals surface area contributed by atoms with Crippen LogP contribution in [0.5, 0.6) is 5.75 Å². The van der Waals surface area contributed by atoms with Gasteiger partial charge in [0.1, 0.15) is 12.4 Å². The quantitative estimate of drug-likeness (QED) is 0.701. The molecule has 0 saturated heterocycles.